The van der Waals surface area contributed by atoms with Gasteiger partial charge in [0.2, 0.25) is 0 Å². The Morgan fingerprint density at radius 2 is 1.90 bits per heavy atom. The summed E-state index contributed by atoms with van der Waals surface area (Å²) in [7, 11) is 0. The summed E-state index contributed by atoms with van der Waals surface area (Å²) in [6.07, 6.45) is 4.97. The van der Waals surface area contributed by atoms with Gasteiger partial charge in [-0.3, -0.25) is 9.69 Å². The molecule has 3 nitrogen and oxygen atoms in total. The predicted octanol–water partition coefficient (Wildman–Crippen LogP) is 2.17. The Bertz CT molecular complexity index is 427. The Morgan fingerprint density at radius 3 is 2.50 bits per heavy atom. The van der Waals surface area contributed by atoms with Gasteiger partial charge >= 0.3 is 0 Å². The van der Waals surface area contributed by atoms with Gasteiger partial charge < -0.3 is 5.11 Å². The van der Waals surface area contributed by atoms with E-state index in [1.165, 1.54) is 25.0 Å². The molecular weight excluding hydrogens is 257 g/mol. The number of carbonyl (C=O) groups excluding carboxylic acids is 1. The molecule has 0 unspecified atom stereocenters. The zero-order chi connectivity index (χ0) is 14.4. The molecule has 1 aliphatic rings. The van der Waals surface area contributed by atoms with Gasteiger partial charge in [-0.05, 0) is 30.5 Å². The van der Waals surface area contributed by atoms with E-state index in [0.29, 0.717) is 25.6 Å². The van der Waals surface area contributed by atoms with Crippen LogP contribution in [-0.2, 0) is 11.2 Å². The average Bonchev–Trinajstić information content (AvgIpc) is 2.95. The van der Waals surface area contributed by atoms with Crippen molar-refractivity contribution >= 4 is 5.78 Å². The van der Waals surface area contributed by atoms with Crippen LogP contribution >= 0.6 is 0 Å². The molecule has 0 radical (unpaired) electrons. The fourth-order valence-electron chi connectivity index (χ4n) is 2.90. The number of aliphatic hydroxyl groups is 1. The van der Waals surface area contributed by atoms with Crippen LogP contribution in [0.4, 0.5) is 4.39 Å². The summed E-state index contributed by atoms with van der Waals surface area (Å²) in [6.45, 7) is 1.02. The van der Waals surface area contributed by atoms with Crippen LogP contribution in [0.1, 0.15) is 31.2 Å². The Hall–Kier alpha value is -1.26. The molecule has 0 bridgehead atoms. The largest absolute Gasteiger partial charge is 0.395 e. The molecule has 0 spiro atoms. The first-order valence-electron chi connectivity index (χ1n) is 7.30. The number of aliphatic hydroxyl groups excluding tert-OH is 1. The summed E-state index contributed by atoms with van der Waals surface area (Å²) >= 11 is 0. The van der Waals surface area contributed by atoms with Gasteiger partial charge in [-0.15, -0.1) is 0 Å². The molecular formula is C16H22FNO2. The Labute approximate surface area is 119 Å². The second-order valence-corrected chi connectivity index (χ2v) is 5.47. The van der Waals surface area contributed by atoms with Crippen LogP contribution in [0.3, 0.4) is 0 Å². The van der Waals surface area contributed by atoms with Gasteiger partial charge in [0.1, 0.15) is 5.82 Å². The van der Waals surface area contributed by atoms with Gasteiger partial charge in [-0.2, -0.15) is 0 Å². The average molecular weight is 279 g/mol. The lowest BCUT2D eigenvalue weighted by Gasteiger charge is -2.27. The lowest BCUT2D eigenvalue weighted by atomic mass is 10.1. The van der Waals surface area contributed by atoms with E-state index in [1.54, 1.807) is 12.1 Å². The van der Waals surface area contributed by atoms with Crippen molar-refractivity contribution in [1.82, 2.24) is 4.90 Å². The van der Waals surface area contributed by atoms with Gasteiger partial charge in [-0.25, -0.2) is 4.39 Å². The second-order valence-electron chi connectivity index (χ2n) is 5.47. The smallest absolute Gasteiger partial charge is 0.151 e. The molecule has 20 heavy (non-hydrogen) atoms. The molecule has 0 heterocycles. The highest BCUT2D eigenvalue weighted by Gasteiger charge is 2.23. The topological polar surface area (TPSA) is 40.5 Å². The minimum atomic E-state index is -0.283. The quantitative estimate of drug-likeness (QED) is 0.831. The first kappa shape index (κ1) is 15.1. The zero-order valence-corrected chi connectivity index (χ0v) is 11.7. The van der Waals surface area contributed by atoms with Gasteiger partial charge in [-0.1, -0.05) is 25.0 Å². The molecule has 4 heteroatoms. The van der Waals surface area contributed by atoms with E-state index >= 15 is 0 Å². The Kier molecular flexibility index (Phi) is 5.68. The number of ketones is 1. The Balaban J connectivity index is 1.88. The van der Waals surface area contributed by atoms with Crippen molar-refractivity contribution < 1.29 is 14.3 Å². The summed E-state index contributed by atoms with van der Waals surface area (Å²) in [5, 5.41) is 9.14. The first-order chi connectivity index (χ1) is 9.69. The second kappa shape index (κ2) is 7.50. The SMILES string of the molecule is O=C(Cc1ccc(F)cc1)CN(CCO)C1CCCC1. The molecule has 1 aromatic rings. The van der Waals surface area contributed by atoms with E-state index in [1.807, 2.05) is 0 Å². The van der Waals surface area contributed by atoms with Crippen molar-refractivity contribution in [2.45, 2.75) is 38.1 Å². The molecule has 1 saturated carbocycles. The minimum absolute atomic E-state index is 0.0837. The fourth-order valence-corrected chi connectivity index (χ4v) is 2.90. The summed E-state index contributed by atoms with van der Waals surface area (Å²) in [5.74, 6) is -0.161. The third-order valence-corrected chi connectivity index (χ3v) is 3.92. The molecule has 1 aliphatic carbocycles. The summed E-state index contributed by atoms with van der Waals surface area (Å²) < 4.78 is 12.8. The molecule has 1 N–H and O–H groups in total. The molecule has 1 aromatic carbocycles. The van der Waals surface area contributed by atoms with E-state index in [-0.39, 0.29) is 18.2 Å². The van der Waals surface area contributed by atoms with Crippen LogP contribution in [0, 0.1) is 5.82 Å². The zero-order valence-electron chi connectivity index (χ0n) is 11.7. The highest BCUT2D eigenvalue weighted by Crippen LogP contribution is 2.23. The van der Waals surface area contributed by atoms with E-state index in [4.69, 9.17) is 5.11 Å². The molecule has 0 atom stereocenters. The summed E-state index contributed by atoms with van der Waals surface area (Å²) in [4.78, 5) is 14.2. The molecule has 0 saturated heterocycles. The maximum absolute atomic E-state index is 12.8. The molecule has 110 valence electrons. The predicted molar refractivity (Wildman–Crippen MR) is 76.0 cm³/mol. The van der Waals surface area contributed by atoms with E-state index in [0.717, 1.165) is 18.4 Å². The monoisotopic (exact) mass is 279 g/mol. The van der Waals surface area contributed by atoms with Crippen molar-refractivity contribution in [2.24, 2.45) is 0 Å². The van der Waals surface area contributed by atoms with Crippen LogP contribution in [0.5, 0.6) is 0 Å². The molecule has 2 rings (SSSR count). The molecule has 0 aromatic heterocycles. The van der Waals surface area contributed by atoms with Crippen molar-refractivity contribution in [1.29, 1.82) is 0 Å². The number of Topliss-reactive ketones (excluding diaryl/α,β-unsaturated/α-hetero) is 1. The standard InChI is InChI=1S/C16H22FNO2/c17-14-7-5-13(6-8-14)11-16(20)12-18(9-10-19)15-3-1-2-4-15/h5-8,15,19H,1-4,9-12H2. The van der Waals surface area contributed by atoms with Crippen LogP contribution in [0.15, 0.2) is 24.3 Å². The molecule has 0 amide bonds. The lowest BCUT2D eigenvalue weighted by molar-refractivity contribution is -0.120. The number of halogens is 1. The van der Waals surface area contributed by atoms with E-state index in [2.05, 4.69) is 4.90 Å². The first-order valence-corrected chi connectivity index (χ1v) is 7.30. The van der Waals surface area contributed by atoms with Crippen LogP contribution in [0.2, 0.25) is 0 Å². The van der Waals surface area contributed by atoms with Crippen molar-refractivity contribution in [2.75, 3.05) is 19.7 Å². The van der Waals surface area contributed by atoms with E-state index < -0.39 is 0 Å². The van der Waals surface area contributed by atoms with Crippen molar-refractivity contribution in [3.8, 4) is 0 Å². The highest BCUT2D eigenvalue weighted by molar-refractivity contribution is 5.82. The number of hydrogen-bond donors (Lipinski definition) is 1. The maximum atomic E-state index is 12.8. The highest BCUT2D eigenvalue weighted by atomic mass is 19.1. The maximum Gasteiger partial charge on any atom is 0.151 e. The van der Waals surface area contributed by atoms with Crippen LogP contribution < -0.4 is 0 Å². The number of rotatable bonds is 7. The fraction of sp³-hybridized carbons (Fsp3) is 0.562. The summed E-state index contributed by atoms with van der Waals surface area (Å²) in [5.41, 5.74) is 0.840. The van der Waals surface area contributed by atoms with Crippen molar-refractivity contribution in [3.63, 3.8) is 0 Å². The van der Waals surface area contributed by atoms with Crippen LogP contribution in [-0.4, -0.2) is 41.5 Å². The number of hydrogen-bond acceptors (Lipinski definition) is 3. The van der Waals surface area contributed by atoms with E-state index in [9.17, 15) is 9.18 Å². The number of carbonyl (C=O) groups is 1. The normalized spacial score (nSPS) is 15.9. The van der Waals surface area contributed by atoms with Gasteiger partial charge in [0.05, 0.1) is 13.2 Å². The van der Waals surface area contributed by atoms with Gasteiger partial charge in [0.25, 0.3) is 0 Å². The number of nitrogens with zero attached hydrogens (tertiary/aromatic N) is 1. The lowest BCUT2D eigenvalue weighted by Crippen LogP contribution is -2.39. The van der Waals surface area contributed by atoms with Crippen LogP contribution in [0.25, 0.3) is 0 Å². The third-order valence-electron chi connectivity index (χ3n) is 3.92. The third kappa shape index (κ3) is 4.39. The summed E-state index contributed by atoms with van der Waals surface area (Å²) in [6, 6.07) is 6.49. The number of benzene rings is 1. The minimum Gasteiger partial charge on any atom is -0.395 e. The van der Waals surface area contributed by atoms with Gasteiger partial charge in [0, 0.05) is 19.0 Å². The van der Waals surface area contributed by atoms with Crippen molar-refractivity contribution in [3.05, 3.63) is 35.6 Å². The van der Waals surface area contributed by atoms with Gasteiger partial charge in [0.15, 0.2) is 5.78 Å². The molecule has 0 aliphatic heterocycles. The Morgan fingerprint density at radius 1 is 1.25 bits per heavy atom. The molecule has 1 fully saturated rings.